The summed E-state index contributed by atoms with van der Waals surface area (Å²) < 4.78 is 0. The molecule has 2 nitrogen and oxygen atoms in total. The number of nitrogens with zero attached hydrogens (tertiary/aromatic N) is 1. The summed E-state index contributed by atoms with van der Waals surface area (Å²) in [6, 6.07) is 8.05. The van der Waals surface area contributed by atoms with Gasteiger partial charge >= 0.3 is 0 Å². The Bertz CT molecular complexity index is 294. The van der Waals surface area contributed by atoms with E-state index in [9.17, 15) is 4.79 Å². The lowest BCUT2D eigenvalue weighted by Gasteiger charge is -2.20. The van der Waals surface area contributed by atoms with Gasteiger partial charge in [0.2, 0.25) is 0 Å². The number of benzene rings is 1. The topological polar surface area (TPSA) is 20.3 Å². The van der Waals surface area contributed by atoms with Crippen molar-refractivity contribution in [2.45, 2.75) is 13.0 Å². The van der Waals surface area contributed by atoms with Crippen molar-refractivity contribution in [3.63, 3.8) is 0 Å². The molecule has 0 saturated heterocycles. The van der Waals surface area contributed by atoms with Crippen LogP contribution >= 0.6 is 0 Å². The Morgan fingerprint density at radius 3 is 2.62 bits per heavy atom. The van der Waals surface area contributed by atoms with Gasteiger partial charge in [0.25, 0.3) is 0 Å². The molecule has 0 heterocycles. The van der Waals surface area contributed by atoms with Gasteiger partial charge in [-0.05, 0) is 32.6 Å². The van der Waals surface area contributed by atoms with Crippen molar-refractivity contribution in [1.82, 2.24) is 4.90 Å². The number of carbonyl (C=O) groups is 1. The molecule has 1 rings (SSSR count). The summed E-state index contributed by atoms with van der Waals surface area (Å²) in [6.07, 6.45) is 0.881. The monoisotopic (exact) mass is 177 g/mol. The SMILES string of the molecule is C[C@@H](c1cccc(C=O)c1)N(C)C. The molecule has 2 heteroatoms. The van der Waals surface area contributed by atoms with E-state index < -0.39 is 0 Å². The van der Waals surface area contributed by atoms with Gasteiger partial charge in [-0.1, -0.05) is 18.2 Å². The van der Waals surface area contributed by atoms with Crippen LogP contribution in [0.1, 0.15) is 28.9 Å². The van der Waals surface area contributed by atoms with Crippen molar-refractivity contribution in [3.8, 4) is 0 Å². The molecule has 0 fully saturated rings. The van der Waals surface area contributed by atoms with E-state index in [2.05, 4.69) is 11.8 Å². The molecule has 0 aliphatic rings. The lowest BCUT2D eigenvalue weighted by atomic mass is 10.1. The van der Waals surface area contributed by atoms with E-state index in [0.29, 0.717) is 6.04 Å². The lowest BCUT2D eigenvalue weighted by Crippen LogP contribution is -2.16. The first kappa shape index (κ1) is 9.93. The minimum absolute atomic E-state index is 0.347. The summed E-state index contributed by atoms with van der Waals surface area (Å²) >= 11 is 0. The molecule has 1 atom stereocenters. The van der Waals surface area contributed by atoms with Crippen LogP contribution in [-0.2, 0) is 0 Å². The fraction of sp³-hybridized carbons (Fsp3) is 0.364. The molecule has 0 spiro atoms. The number of rotatable bonds is 3. The van der Waals surface area contributed by atoms with Crippen LogP contribution in [0, 0.1) is 0 Å². The molecular formula is C11H15NO. The zero-order chi connectivity index (χ0) is 9.84. The van der Waals surface area contributed by atoms with E-state index >= 15 is 0 Å². The minimum atomic E-state index is 0.347. The third-order valence-corrected chi connectivity index (χ3v) is 2.30. The van der Waals surface area contributed by atoms with Gasteiger partial charge in [-0.3, -0.25) is 4.79 Å². The third kappa shape index (κ3) is 2.39. The van der Waals surface area contributed by atoms with Crippen LogP contribution in [0.5, 0.6) is 0 Å². The highest BCUT2D eigenvalue weighted by Crippen LogP contribution is 2.17. The van der Waals surface area contributed by atoms with Crippen LogP contribution in [0.15, 0.2) is 24.3 Å². The third-order valence-electron chi connectivity index (χ3n) is 2.30. The van der Waals surface area contributed by atoms with Crippen molar-refractivity contribution in [2.24, 2.45) is 0 Å². The molecule has 0 saturated carbocycles. The Morgan fingerprint density at radius 1 is 1.38 bits per heavy atom. The van der Waals surface area contributed by atoms with Crippen LogP contribution in [0.4, 0.5) is 0 Å². The second-order valence-corrected chi connectivity index (χ2v) is 3.43. The van der Waals surface area contributed by atoms with Crippen molar-refractivity contribution in [3.05, 3.63) is 35.4 Å². The zero-order valence-corrected chi connectivity index (χ0v) is 8.32. The van der Waals surface area contributed by atoms with E-state index in [0.717, 1.165) is 11.8 Å². The number of hydrogen-bond donors (Lipinski definition) is 0. The normalized spacial score (nSPS) is 12.9. The standard InChI is InChI=1S/C11H15NO/c1-9(12(2)3)11-6-4-5-10(7-11)8-13/h4-9H,1-3H3/t9-/m0/s1. The molecule has 0 amide bonds. The Labute approximate surface area is 79.2 Å². The average Bonchev–Trinajstić information content (AvgIpc) is 2.16. The van der Waals surface area contributed by atoms with E-state index in [-0.39, 0.29) is 0 Å². The Morgan fingerprint density at radius 2 is 2.08 bits per heavy atom. The maximum atomic E-state index is 10.5. The maximum absolute atomic E-state index is 10.5. The predicted molar refractivity (Wildman–Crippen MR) is 53.9 cm³/mol. The molecule has 1 aromatic carbocycles. The van der Waals surface area contributed by atoms with Gasteiger partial charge in [-0.15, -0.1) is 0 Å². The highest BCUT2D eigenvalue weighted by Gasteiger charge is 2.07. The lowest BCUT2D eigenvalue weighted by molar-refractivity contribution is 0.112. The van der Waals surface area contributed by atoms with E-state index in [1.54, 1.807) is 0 Å². The first-order valence-electron chi connectivity index (χ1n) is 4.36. The van der Waals surface area contributed by atoms with E-state index in [4.69, 9.17) is 0 Å². The second kappa shape index (κ2) is 4.19. The Kier molecular flexibility index (Phi) is 3.20. The van der Waals surface area contributed by atoms with Gasteiger partial charge in [0.1, 0.15) is 6.29 Å². The number of hydrogen-bond acceptors (Lipinski definition) is 2. The van der Waals surface area contributed by atoms with Crippen molar-refractivity contribution in [1.29, 1.82) is 0 Å². The molecule has 0 aliphatic heterocycles. The van der Waals surface area contributed by atoms with E-state index in [1.807, 2.05) is 38.4 Å². The second-order valence-electron chi connectivity index (χ2n) is 3.43. The van der Waals surface area contributed by atoms with Gasteiger partial charge < -0.3 is 4.90 Å². The first-order chi connectivity index (χ1) is 6.15. The first-order valence-corrected chi connectivity index (χ1v) is 4.36. The largest absolute Gasteiger partial charge is 0.303 e. The number of aldehydes is 1. The summed E-state index contributed by atoms with van der Waals surface area (Å²) in [5, 5.41) is 0. The highest BCUT2D eigenvalue weighted by molar-refractivity contribution is 5.74. The predicted octanol–water partition coefficient (Wildman–Crippen LogP) is 2.12. The molecule has 0 N–H and O–H groups in total. The summed E-state index contributed by atoms with van der Waals surface area (Å²) in [4.78, 5) is 12.7. The van der Waals surface area contributed by atoms with Crippen LogP contribution in [0.25, 0.3) is 0 Å². The molecule has 13 heavy (non-hydrogen) atoms. The van der Waals surface area contributed by atoms with Gasteiger partial charge in [0, 0.05) is 11.6 Å². The molecule has 0 aliphatic carbocycles. The molecule has 0 radical (unpaired) electrons. The van der Waals surface area contributed by atoms with Crippen molar-refractivity contribution >= 4 is 6.29 Å². The molecule has 70 valence electrons. The smallest absolute Gasteiger partial charge is 0.150 e. The summed E-state index contributed by atoms with van der Waals surface area (Å²) in [5.74, 6) is 0. The zero-order valence-electron chi connectivity index (χ0n) is 8.32. The molecular weight excluding hydrogens is 162 g/mol. The quantitative estimate of drug-likeness (QED) is 0.659. The molecule has 0 bridgehead atoms. The average molecular weight is 177 g/mol. The van der Waals surface area contributed by atoms with Crippen LogP contribution in [0.2, 0.25) is 0 Å². The van der Waals surface area contributed by atoms with Crippen molar-refractivity contribution < 1.29 is 4.79 Å². The minimum Gasteiger partial charge on any atom is -0.303 e. The fourth-order valence-corrected chi connectivity index (χ4v) is 1.19. The fourth-order valence-electron chi connectivity index (χ4n) is 1.19. The molecule has 1 aromatic rings. The summed E-state index contributed by atoms with van der Waals surface area (Å²) in [7, 11) is 4.05. The van der Waals surface area contributed by atoms with Gasteiger partial charge in [0.05, 0.1) is 0 Å². The van der Waals surface area contributed by atoms with Crippen LogP contribution < -0.4 is 0 Å². The Balaban J connectivity index is 2.94. The number of carbonyl (C=O) groups excluding carboxylic acids is 1. The Hall–Kier alpha value is -1.15. The van der Waals surface area contributed by atoms with E-state index in [1.165, 1.54) is 5.56 Å². The highest BCUT2D eigenvalue weighted by atomic mass is 16.1. The van der Waals surface area contributed by atoms with Crippen molar-refractivity contribution in [2.75, 3.05) is 14.1 Å². The van der Waals surface area contributed by atoms with Gasteiger partial charge in [0.15, 0.2) is 0 Å². The molecule has 0 unspecified atom stereocenters. The maximum Gasteiger partial charge on any atom is 0.150 e. The van der Waals surface area contributed by atoms with Gasteiger partial charge in [-0.25, -0.2) is 0 Å². The summed E-state index contributed by atoms with van der Waals surface area (Å²) in [5.41, 5.74) is 1.92. The van der Waals surface area contributed by atoms with Crippen LogP contribution in [0.3, 0.4) is 0 Å². The van der Waals surface area contributed by atoms with Crippen LogP contribution in [-0.4, -0.2) is 25.3 Å². The molecule has 0 aromatic heterocycles. The van der Waals surface area contributed by atoms with Gasteiger partial charge in [-0.2, -0.15) is 0 Å². The summed E-state index contributed by atoms with van der Waals surface area (Å²) in [6.45, 7) is 2.11.